The lowest BCUT2D eigenvalue weighted by atomic mass is 9.88. The molecule has 0 saturated heterocycles. The van der Waals surface area contributed by atoms with E-state index in [4.69, 9.17) is 4.74 Å². The van der Waals surface area contributed by atoms with Crippen molar-refractivity contribution in [1.82, 2.24) is 0 Å². The van der Waals surface area contributed by atoms with Gasteiger partial charge in [0.05, 0.1) is 18.6 Å². The third kappa shape index (κ3) is 8.83. The third-order valence-electron chi connectivity index (χ3n) is 4.13. The minimum atomic E-state index is -0.951. The molecule has 0 aliphatic rings. The van der Waals surface area contributed by atoms with E-state index in [0.717, 1.165) is 0 Å². The van der Waals surface area contributed by atoms with Gasteiger partial charge in [-0.3, -0.25) is 9.59 Å². The second kappa shape index (κ2) is 10.7. The van der Waals surface area contributed by atoms with Crippen molar-refractivity contribution < 1.29 is 24.2 Å². The van der Waals surface area contributed by atoms with Gasteiger partial charge in [0.25, 0.3) is 0 Å². The molecule has 126 valence electrons. The van der Waals surface area contributed by atoms with Crippen LogP contribution >= 0.6 is 0 Å². The van der Waals surface area contributed by atoms with Gasteiger partial charge in [0, 0.05) is 19.6 Å². The van der Waals surface area contributed by atoms with Crippen LogP contribution in [0.5, 0.6) is 0 Å². The number of esters is 1. The zero-order chi connectivity index (χ0) is 17.2. The molecule has 0 amide bonds. The van der Waals surface area contributed by atoms with Crippen molar-refractivity contribution in [3.8, 4) is 0 Å². The highest BCUT2D eigenvalue weighted by Crippen LogP contribution is 2.21. The largest absolute Gasteiger partial charge is 0.469 e. The molecule has 5 nitrogen and oxygen atoms in total. The molecule has 1 N–H and O–H groups in total. The first-order valence-electron chi connectivity index (χ1n) is 7.34. The molecule has 0 saturated carbocycles. The van der Waals surface area contributed by atoms with Crippen molar-refractivity contribution in [2.24, 2.45) is 17.8 Å². The molecular weight excluding hydrogens is 272 g/mol. The number of methoxy groups -OCH3 is 2. The van der Waals surface area contributed by atoms with Crippen molar-refractivity contribution in [3.05, 3.63) is 0 Å². The van der Waals surface area contributed by atoms with Gasteiger partial charge in [-0.15, -0.1) is 0 Å². The molecular formula is C16H32O5. The van der Waals surface area contributed by atoms with Crippen LogP contribution in [-0.2, 0) is 19.1 Å². The average molecular weight is 304 g/mol. The number of carbonyl (C=O) groups is 2. The third-order valence-corrected chi connectivity index (χ3v) is 4.13. The standard InChI is InChI=1S/C8H16O3.C8H16O2/c1-5-8(3,10)6(2)7(9)11-4;1-6(5-10-4)7(2)8(3)9/h6,10H,5H2,1-4H3;6-7H,5H2,1-4H3/t6-,8-;6-,7-/m11/s1. The van der Waals surface area contributed by atoms with Crippen LogP contribution in [0.25, 0.3) is 0 Å². The zero-order valence-corrected chi connectivity index (χ0v) is 14.7. The van der Waals surface area contributed by atoms with Gasteiger partial charge in [-0.05, 0) is 33.1 Å². The van der Waals surface area contributed by atoms with E-state index in [2.05, 4.69) is 4.74 Å². The maximum atomic E-state index is 10.9. The Balaban J connectivity index is 0. The summed E-state index contributed by atoms with van der Waals surface area (Å²) < 4.78 is 9.42. The first-order chi connectivity index (χ1) is 9.54. The van der Waals surface area contributed by atoms with Gasteiger partial charge in [0.15, 0.2) is 0 Å². The molecule has 0 unspecified atom stereocenters. The first kappa shape index (κ1) is 22.3. The minimum Gasteiger partial charge on any atom is -0.469 e. The number of rotatable bonds is 7. The molecule has 0 radical (unpaired) electrons. The molecule has 0 heterocycles. The van der Waals surface area contributed by atoms with Gasteiger partial charge in [-0.1, -0.05) is 20.8 Å². The quantitative estimate of drug-likeness (QED) is 0.731. The predicted octanol–water partition coefficient (Wildman–Crippen LogP) is 2.45. The average Bonchev–Trinajstić information content (AvgIpc) is 2.45. The number of ketones is 1. The van der Waals surface area contributed by atoms with Crippen molar-refractivity contribution in [2.75, 3.05) is 20.8 Å². The van der Waals surface area contributed by atoms with E-state index < -0.39 is 11.5 Å². The summed E-state index contributed by atoms with van der Waals surface area (Å²) >= 11 is 0. The number of hydrogen-bond donors (Lipinski definition) is 1. The summed E-state index contributed by atoms with van der Waals surface area (Å²) in [6.07, 6.45) is 0.545. The van der Waals surface area contributed by atoms with Gasteiger partial charge in [0.2, 0.25) is 0 Å². The zero-order valence-electron chi connectivity index (χ0n) is 14.7. The summed E-state index contributed by atoms with van der Waals surface area (Å²) in [4.78, 5) is 21.7. The monoisotopic (exact) mass is 304 g/mol. The van der Waals surface area contributed by atoms with Gasteiger partial charge in [0.1, 0.15) is 5.78 Å². The summed E-state index contributed by atoms with van der Waals surface area (Å²) in [6, 6.07) is 0. The second-order valence-electron chi connectivity index (χ2n) is 5.79. The molecule has 0 spiro atoms. The van der Waals surface area contributed by atoms with Crippen LogP contribution in [-0.4, -0.2) is 43.3 Å². The lowest BCUT2D eigenvalue weighted by molar-refractivity contribution is -0.153. The Morgan fingerprint density at radius 2 is 1.67 bits per heavy atom. The fourth-order valence-corrected chi connectivity index (χ4v) is 1.54. The van der Waals surface area contributed by atoms with E-state index in [0.29, 0.717) is 18.9 Å². The lowest BCUT2D eigenvalue weighted by Gasteiger charge is -2.26. The molecule has 4 atom stereocenters. The molecule has 21 heavy (non-hydrogen) atoms. The molecule has 0 aromatic carbocycles. The van der Waals surface area contributed by atoms with Crippen LogP contribution in [0.15, 0.2) is 0 Å². The first-order valence-corrected chi connectivity index (χ1v) is 7.34. The molecule has 0 aliphatic carbocycles. The Morgan fingerprint density at radius 3 is 1.95 bits per heavy atom. The summed E-state index contributed by atoms with van der Waals surface area (Å²) in [5.74, 6) is -0.124. The van der Waals surface area contributed by atoms with Crippen LogP contribution in [0.3, 0.4) is 0 Å². The Bertz CT molecular complexity index is 312. The van der Waals surface area contributed by atoms with E-state index in [-0.39, 0.29) is 17.7 Å². The molecule has 0 rings (SSSR count). The molecule has 5 heteroatoms. The maximum Gasteiger partial charge on any atom is 0.311 e. The second-order valence-corrected chi connectivity index (χ2v) is 5.79. The van der Waals surface area contributed by atoms with E-state index in [1.54, 1.807) is 27.9 Å². The lowest BCUT2D eigenvalue weighted by Crippen LogP contribution is -2.37. The number of carbonyl (C=O) groups excluding carboxylic acids is 2. The Kier molecular flexibility index (Phi) is 11.4. The highest BCUT2D eigenvalue weighted by molar-refractivity contribution is 5.78. The van der Waals surface area contributed by atoms with Crippen LogP contribution in [0.2, 0.25) is 0 Å². The van der Waals surface area contributed by atoms with Crippen LogP contribution in [0.4, 0.5) is 0 Å². The van der Waals surface area contributed by atoms with Crippen LogP contribution in [0, 0.1) is 17.8 Å². The maximum absolute atomic E-state index is 10.9. The van der Waals surface area contributed by atoms with Crippen LogP contribution < -0.4 is 0 Å². The Labute approximate surface area is 129 Å². The highest BCUT2D eigenvalue weighted by Gasteiger charge is 2.32. The molecule has 0 aromatic rings. The van der Waals surface area contributed by atoms with Gasteiger partial charge < -0.3 is 14.6 Å². The van der Waals surface area contributed by atoms with Gasteiger partial charge in [-0.25, -0.2) is 0 Å². The highest BCUT2D eigenvalue weighted by atomic mass is 16.5. The normalized spacial score (nSPS) is 17.6. The number of Topliss-reactive ketones (excluding diaryl/α,β-unsaturated/α-hetero) is 1. The fraction of sp³-hybridized carbons (Fsp3) is 0.875. The summed E-state index contributed by atoms with van der Waals surface area (Å²) in [5, 5.41) is 9.59. The van der Waals surface area contributed by atoms with Crippen molar-refractivity contribution >= 4 is 11.8 Å². The van der Waals surface area contributed by atoms with E-state index in [1.807, 2.05) is 20.8 Å². The van der Waals surface area contributed by atoms with Crippen LogP contribution in [0.1, 0.15) is 48.0 Å². The van der Waals surface area contributed by atoms with E-state index >= 15 is 0 Å². The van der Waals surface area contributed by atoms with Crippen molar-refractivity contribution in [1.29, 1.82) is 0 Å². The van der Waals surface area contributed by atoms with Gasteiger partial charge >= 0.3 is 5.97 Å². The summed E-state index contributed by atoms with van der Waals surface area (Å²) in [5.41, 5.74) is -0.951. The molecule has 0 aromatic heterocycles. The van der Waals surface area contributed by atoms with Gasteiger partial charge in [-0.2, -0.15) is 0 Å². The van der Waals surface area contributed by atoms with E-state index in [9.17, 15) is 14.7 Å². The summed E-state index contributed by atoms with van der Waals surface area (Å²) in [6.45, 7) is 11.4. The minimum absolute atomic E-state index is 0.125. The predicted molar refractivity (Wildman–Crippen MR) is 83.0 cm³/mol. The SMILES string of the molecule is CC[C@@](C)(O)[C@H](C)C(=O)OC.COC[C@@H](C)[C@@H](C)C(C)=O. The summed E-state index contributed by atoms with van der Waals surface area (Å²) in [7, 11) is 2.98. The number of ether oxygens (including phenoxy) is 2. The molecule has 0 bridgehead atoms. The Hall–Kier alpha value is -0.940. The molecule has 0 fully saturated rings. The topological polar surface area (TPSA) is 72.8 Å². The van der Waals surface area contributed by atoms with E-state index in [1.165, 1.54) is 7.11 Å². The number of hydrogen-bond acceptors (Lipinski definition) is 5. The van der Waals surface area contributed by atoms with Crippen molar-refractivity contribution in [2.45, 2.75) is 53.6 Å². The Morgan fingerprint density at radius 1 is 1.19 bits per heavy atom. The van der Waals surface area contributed by atoms with Crippen molar-refractivity contribution in [3.63, 3.8) is 0 Å². The number of aliphatic hydroxyl groups is 1. The fourth-order valence-electron chi connectivity index (χ4n) is 1.54. The smallest absolute Gasteiger partial charge is 0.311 e. The molecule has 0 aliphatic heterocycles.